The number of ether oxygens (including phenoxy) is 1. The van der Waals surface area contributed by atoms with Crippen molar-refractivity contribution in [1.29, 1.82) is 0 Å². The fraction of sp³-hybridized carbons (Fsp3) is 0.588. The van der Waals surface area contributed by atoms with E-state index in [0.29, 0.717) is 0 Å². The summed E-state index contributed by atoms with van der Waals surface area (Å²) in [6.07, 6.45) is 3.33. The van der Waals surface area contributed by atoms with E-state index in [1.807, 2.05) is 13.8 Å². The second-order valence-corrected chi connectivity index (χ2v) is 6.10. The number of alkyl halides is 2. The molecule has 0 radical (unpaired) electrons. The van der Waals surface area contributed by atoms with Crippen LogP contribution in [0.4, 0.5) is 8.78 Å². The summed E-state index contributed by atoms with van der Waals surface area (Å²) in [5, 5.41) is 3.00. The number of benzene rings is 1. The van der Waals surface area contributed by atoms with Crippen LogP contribution in [0.3, 0.4) is 0 Å². The van der Waals surface area contributed by atoms with Gasteiger partial charge >= 0.3 is 6.61 Å². The SMILES string of the molecule is CCC(C)C(N)C(=O)NC1CCCc2cc(OC(F)F)ccc21. The molecule has 0 aliphatic heterocycles. The van der Waals surface area contributed by atoms with E-state index in [0.717, 1.165) is 36.8 Å². The number of hydrogen-bond donors (Lipinski definition) is 2. The molecular weight excluding hydrogens is 302 g/mol. The largest absolute Gasteiger partial charge is 0.435 e. The lowest BCUT2D eigenvalue weighted by Crippen LogP contribution is -2.46. The Kier molecular flexibility index (Phi) is 5.93. The Morgan fingerprint density at radius 2 is 2.22 bits per heavy atom. The summed E-state index contributed by atoms with van der Waals surface area (Å²) >= 11 is 0. The summed E-state index contributed by atoms with van der Waals surface area (Å²) in [4.78, 5) is 12.3. The van der Waals surface area contributed by atoms with Gasteiger partial charge < -0.3 is 15.8 Å². The Morgan fingerprint density at radius 3 is 2.87 bits per heavy atom. The molecular formula is C17H24F2N2O2. The Labute approximate surface area is 135 Å². The number of carbonyl (C=O) groups is 1. The number of halogens is 2. The van der Waals surface area contributed by atoms with Gasteiger partial charge in [-0.15, -0.1) is 0 Å². The van der Waals surface area contributed by atoms with Crippen molar-refractivity contribution in [3.05, 3.63) is 29.3 Å². The normalized spacial score (nSPS) is 19.8. The van der Waals surface area contributed by atoms with Crippen LogP contribution in [0.5, 0.6) is 5.75 Å². The minimum absolute atomic E-state index is 0.111. The Bertz CT molecular complexity index is 551. The quantitative estimate of drug-likeness (QED) is 0.844. The maximum atomic E-state index is 12.3. The number of fused-ring (bicyclic) bond motifs is 1. The lowest BCUT2D eigenvalue weighted by Gasteiger charge is -2.29. The maximum Gasteiger partial charge on any atom is 0.387 e. The number of amides is 1. The van der Waals surface area contributed by atoms with Crippen LogP contribution in [0.2, 0.25) is 0 Å². The summed E-state index contributed by atoms with van der Waals surface area (Å²) in [6, 6.07) is 4.25. The van der Waals surface area contributed by atoms with Gasteiger partial charge in [-0.2, -0.15) is 8.78 Å². The first-order valence-corrected chi connectivity index (χ1v) is 8.06. The van der Waals surface area contributed by atoms with Crippen molar-refractivity contribution >= 4 is 5.91 Å². The highest BCUT2D eigenvalue weighted by atomic mass is 19.3. The molecule has 0 spiro atoms. The highest BCUT2D eigenvalue weighted by Crippen LogP contribution is 2.32. The van der Waals surface area contributed by atoms with E-state index in [1.54, 1.807) is 12.1 Å². The number of aryl methyl sites for hydroxylation is 1. The molecule has 1 aromatic rings. The van der Waals surface area contributed by atoms with Gasteiger partial charge in [0.05, 0.1) is 12.1 Å². The third-order valence-corrected chi connectivity index (χ3v) is 4.53. The molecule has 23 heavy (non-hydrogen) atoms. The predicted octanol–water partition coefficient (Wildman–Crippen LogP) is 3.16. The van der Waals surface area contributed by atoms with Crippen molar-refractivity contribution in [2.45, 2.75) is 58.2 Å². The average Bonchev–Trinajstić information content (AvgIpc) is 2.52. The molecule has 6 heteroatoms. The molecule has 1 aliphatic carbocycles. The predicted molar refractivity (Wildman–Crippen MR) is 84.3 cm³/mol. The molecule has 4 nitrogen and oxygen atoms in total. The molecule has 0 fully saturated rings. The van der Waals surface area contributed by atoms with Gasteiger partial charge in [-0.3, -0.25) is 4.79 Å². The Hall–Kier alpha value is -1.69. The summed E-state index contributed by atoms with van der Waals surface area (Å²) < 4.78 is 29.1. The zero-order valence-electron chi connectivity index (χ0n) is 13.5. The number of nitrogens with two attached hydrogens (primary N) is 1. The highest BCUT2D eigenvalue weighted by molar-refractivity contribution is 5.82. The number of carbonyl (C=O) groups excluding carboxylic acids is 1. The molecule has 3 unspecified atom stereocenters. The van der Waals surface area contributed by atoms with Crippen LogP contribution in [0.1, 0.15) is 50.3 Å². The van der Waals surface area contributed by atoms with Crippen molar-refractivity contribution in [3.63, 3.8) is 0 Å². The molecule has 3 atom stereocenters. The minimum Gasteiger partial charge on any atom is -0.435 e. The van der Waals surface area contributed by atoms with Crippen LogP contribution in [0.25, 0.3) is 0 Å². The Balaban J connectivity index is 2.11. The number of rotatable bonds is 6. The van der Waals surface area contributed by atoms with E-state index in [2.05, 4.69) is 10.1 Å². The van der Waals surface area contributed by atoms with Crippen LogP contribution in [-0.2, 0) is 11.2 Å². The molecule has 128 valence electrons. The topological polar surface area (TPSA) is 64.4 Å². The number of nitrogens with one attached hydrogen (secondary N) is 1. The van der Waals surface area contributed by atoms with Crippen LogP contribution < -0.4 is 15.8 Å². The van der Waals surface area contributed by atoms with Gasteiger partial charge in [-0.1, -0.05) is 26.3 Å². The molecule has 1 aliphatic rings. The third kappa shape index (κ3) is 4.41. The van der Waals surface area contributed by atoms with Gasteiger partial charge in [0, 0.05) is 0 Å². The second kappa shape index (κ2) is 7.73. The van der Waals surface area contributed by atoms with Crippen LogP contribution in [0, 0.1) is 5.92 Å². The molecule has 0 saturated carbocycles. The molecule has 2 rings (SSSR count). The summed E-state index contributed by atoms with van der Waals surface area (Å²) in [5.41, 5.74) is 7.87. The molecule has 0 bridgehead atoms. The van der Waals surface area contributed by atoms with E-state index >= 15 is 0 Å². The Morgan fingerprint density at radius 1 is 1.48 bits per heavy atom. The molecule has 0 saturated heterocycles. The van der Waals surface area contributed by atoms with E-state index in [4.69, 9.17) is 5.73 Å². The molecule has 3 N–H and O–H groups in total. The average molecular weight is 326 g/mol. The molecule has 1 aromatic carbocycles. The first kappa shape index (κ1) is 17.7. The first-order chi connectivity index (χ1) is 10.9. The van der Waals surface area contributed by atoms with E-state index in [-0.39, 0.29) is 23.6 Å². The fourth-order valence-corrected chi connectivity index (χ4v) is 2.90. The zero-order valence-corrected chi connectivity index (χ0v) is 13.5. The smallest absolute Gasteiger partial charge is 0.387 e. The van der Waals surface area contributed by atoms with Crippen molar-refractivity contribution < 1.29 is 18.3 Å². The van der Waals surface area contributed by atoms with E-state index < -0.39 is 12.7 Å². The van der Waals surface area contributed by atoms with Gasteiger partial charge in [-0.25, -0.2) is 0 Å². The monoisotopic (exact) mass is 326 g/mol. The summed E-state index contributed by atoms with van der Waals surface area (Å²) in [6.45, 7) is 1.12. The van der Waals surface area contributed by atoms with Gasteiger partial charge in [0.25, 0.3) is 0 Å². The minimum atomic E-state index is -2.83. The van der Waals surface area contributed by atoms with E-state index in [9.17, 15) is 13.6 Å². The van der Waals surface area contributed by atoms with Crippen LogP contribution in [-0.4, -0.2) is 18.6 Å². The zero-order chi connectivity index (χ0) is 17.0. The highest BCUT2D eigenvalue weighted by Gasteiger charge is 2.26. The van der Waals surface area contributed by atoms with Crippen LogP contribution in [0.15, 0.2) is 18.2 Å². The van der Waals surface area contributed by atoms with Gasteiger partial charge in [0.2, 0.25) is 5.91 Å². The third-order valence-electron chi connectivity index (χ3n) is 4.53. The summed E-state index contributed by atoms with van der Waals surface area (Å²) in [5.74, 6) is 0.104. The molecule has 0 heterocycles. The van der Waals surface area contributed by atoms with Crippen molar-refractivity contribution in [2.24, 2.45) is 11.7 Å². The van der Waals surface area contributed by atoms with Gasteiger partial charge in [0.15, 0.2) is 0 Å². The van der Waals surface area contributed by atoms with Crippen LogP contribution >= 0.6 is 0 Å². The van der Waals surface area contributed by atoms with Gasteiger partial charge in [0.1, 0.15) is 5.75 Å². The maximum absolute atomic E-state index is 12.3. The van der Waals surface area contributed by atoms with Crippen molar-refractivity contribution in [1.82, 2.24) is 5.32 Å². The fourth-order valence-electron chi connectivity index (χ4n) is 2.90. The standard InChI is InChI=1S/C17H24F2N2O2/c1-3-10(2)15(20)16(22)21-14-6-4-5-11-9-12(23-17(18)19)7-8-13(11)14/h7-10,14-15,17H,3-6,20H2,1-2H3,(H,21,22). The molecule has 1 amide bonds. The van der Waals surface area contributed by atoms with Crippen molar-refractivity contribution in [3.8, 4) is 5.75 Å². The second-order valence-electron chi connectivity index (χ2n) is 6.10. The van der Waals surface area contributed by atoms with Gasteiger partial charge in [-0.05, 0) is 48.4 Å². The van der Waals surface area contributed by atoms with E-state index in [1.165, 1.54) is 6.07 Å². The number of hydrogen-bond acceptors (Lipinski definition) is 3. The first-order valence-electron chi connectivity index (χ1n) is 8.06. The van der Waals surface area contributed by atoms with Crippen molar-refractivity contribution in [2.75, 3.05) is 0 Å². The lowest BCUT2D eigenvalue weighted by molar-refractivity contribution is -0.124. The summed E-state index contributed by atoms with van der Waals surface area (Å²) in [7, 11) is 0. The molecule has 0 aromatic heterocycles. The lowest BCUT2D eigenvalue weighted by atomic mass is 9.87.